The molecule has 1 aliphatic heterocycles. The number of ether oxygens (including phenoxy) is 1. The zero-order valence-corrected chi connectivity index (χ0v) is 11.0. The lowest BCUT2D eigenvalue weighted by Gasteiger charge is -2.13. The molecule has 0 radical (unpaired) electrons. The van der Waals surface area contributed by atoms with Crippen molar-refractivity contribution in [3.05, 3.63) is 14.8 Å². The van der Waals surface area contributed by atoms with Crippen molar-refractivity contribution in [1.82, 2.24) is 0 Å². The number of hydrogen-bond donors (Lipinski definition) is 1. The quantitative estimate of drug-likeness (QED) is 0.797. The molecule has 0 aliphatic carbocycles. The lowest BCUT2D eigenvalue weighted by molar-refractivity contribution is 0.0533. The molecule has 1 aromatic heterocycles. The molecule has 0 spiro atoms. The molecule has 2 atom stereocenters. The number of anilines is 1. The summed E-state index contributed by atoms with van der Waals surface area (Å²) in [6, 6.07) is 0.232. The van der Waals surface area contributed by atoms with E-state index in [1.54, 1.807) is 6.92 Å². The van der Waals surface area contributed by atoms with E-state index in [9.17, 15) is 4.79 Å². The van der Waals surface area contributed by atoms with Gasteiger partial charge in [0, 0.05) is 5.22 Å². The van der Waals surface area contributed by atoms with E-state index in [0.717, 1.165) is 9.89 Å². The standard InChI is InChI=1S/C12H16N2O2S/c1-4-16-12(15)10-9(13)8-5-6(2)7(3)14-11(8)17-10/h5-7H,4,13H2,1-3H3. The molecule has 92 valence electrons. The number of esters is 1. The Hall–Kier alpha value is -1.36. The number of nitrogen functional groups attached to an aromatic ring is 1. The van der Waals surface area contributed by atoms with Gasteiger partial charge in [0.1, 0.15) is 9.55 Å². The van der Waals surface area contributed by atoms with Crippen LogP contribution in [0.1, 0.15) is 30.4 Å². The molecule has 0 fully saturated rings. The van der Waals surface area contributed by atoms with Crippen molar-refractivity contribution in [2.45, 2.75) is 26.8 Å². The zero-order chi connectivity index (χ0) is 12.6. The van der Waals surface area contributed by atoms with Crippen molar-refractivity contribution in [3.8, 4) is 0 Å². The van der Waals surface area contributed by atoms with Crippen LogP contribution in [0.15, 0.2) is 4.99 Å². The monoisotopic (exact) mass is 252 g/mol. The van der Waals surface area contributed by atoms with Crippen LogP contribution < -0.4 is 15.6 Å². The van der Waals surface area contributed by atoms with Gasteiger partial charge < -0.3 is 10.5 Å². The topological polar surface area (TPSA) is 64.7 Å². The average molecular weight is 252 g/mol. The second-order valence-corrected chi connectivity index (χ2v) is 5.18. The van der Waals surface area contributed by atoms with Gasteiger partial charge in [0.2, 0.25) is 0 Å². The summed E-state index contributed by atoms with van der Waals surface area (Å²) in [5.41, 5.74) is 6.49. The van der Waals surface area contributed by atoms with Crippen molar-refractivity contribution in [2.24, 2.45) is 10.9 Å². The number of nitrogens with two attached hydrogens (primary N) is 1. The lowest BCUT2D eigenvalue weighted by Crippen LogP contribution is -2.31. The Morgan fingerprint density at radius 2 is 2.29 bits per heavy atom. The van der Waals surface area contributed by atoms with Crippen LogP contribution >= 0.6 is 11.3 Å². The summed E-state index contributed by atoms with van der Waals surface area (Å²) in [7, 11) is 0. The van der Waals surface area contributed by atoms with E-state index < -0.39 is 0 Å². The maximum Gasteiger partial charge on any atom is 0.350 e. The van der Waals surface area contributed by atoms with E-state index >= 15 is 0 Å². The van der Waals surface area contributed by atoms with Crippen molar-refractivity contribution >= 4 is 29.1 Å². The molecule has 0 bridgehead atoms. The normalized spacial score (nSPS) is 22.3. The minimum Gasteiger partial charge on any atom is -0.462 e. The Bertz CT molecular complexity index is 562. The maximum atomic E-state index is 11.7. The minimum atomic E-state index is -0.353. The molecule has 2 rings (SSSR count). The fourth-order valence-corrected chi connectivity index (χ4v) is 2.82. The molecular weight excluding hydrogens is 236 g/mol. The highest BCUT2D eigenvalue weighted by molar-refractivity contribution is 7.12. The summed E-state index contributed by atoms with van der Waals surface area (Å²) in [4.78, 5) is 16.7. The largest absolute Gasteiger partial charge is 0.462 e. The van der Waals surface area contributed by atoms with Crippen LogP contribution in [0.2, 0.25) is 0 Å². The van der Waals surface area contributed by atoms with E-state index in [0.29, 0.717) is 23.1 Å². The van der Waals surface area contributed by atoms with Gasteiger partial charge in [-0.2, -0.15) is 0 Å². The molecule has 5 heteroatoms. The minimum absolute atomic E-state index is 0.232. The van der Waals surface area contributed by atoms with Gasteiger partial charge in [-0.05, 0) is 19.8 Å². The van der Waals surface area contributed by atoms with Gasteiger partial charge in [0.15, 0.2) is 0 Å². The predicted molar refractivity (Wildman–Crippen MR) is 68.6 cm³/mol. The van der Waals surface area contributed by atoms with E-state index in [1.807, 2.05) is 0 Å². The fraction of sp³-hybridized carbons (Fsp3) is 0.500. The third-order valence-corrected chi connectivity index (χ3v) is 4.05. The molecule has 0 saturated heterocycles. The number of fused-ring (bicyclic) bond motifs is 1. The van der Waals surface area contributed by atoms with Crippen LogP contribution in [0.5, 0.6) is 0 Å². The van der Waals surface area contributed by atoms with E-state index in [-0.39, 0.29) is 12.0 Å². The number of thiophene rings is 1. The summed E-state index contributed by atoms with van der Waals surface area (Å²) < 4.78 is 5.82. The highest BCUT2D eigenvalue weighted by Gasteiger charge is 2.20. The summed E-state index contributed by atoms with van der Waals surface area (Å²) >= 11 is 1.32. The van der Waals surface area contributed by atoms with Crippen molar-refractivity contribution < 1.29 is 9.53 Å². The van der Waals surface area contributed by atoms with E-state index in [2.05, 4.69) is 24.9 Å². The van der Waals surface area contributed by atoms with E-state index in [1.165, 1.54) is 11.3 Å². The molecule has 1 aliphatic rings. The third kappa shape index (κ3) is 2.07. The Balaban J connectivity index is 2.55. The van der Waals surface area contributed by atoms with Gasteiger partial charge in [0.05, 0.1) is 18.3 Å². The number of carbonyl (C=O) groups excluding carboxylic acids is 1. The number of nitrogens with zero attached hydrogens (tertiary/aromatic N) is 1. The van der Waals surface area contributed by atoms with E-state index in [4.69, 9.17) is 10.5 Å². The molecule has 0 amide bonds. The van der Waals surface area contributed by atoms with Crippen molar-refractivity contribution in [3.63, 3.8) is 0 Å². The maximum absolute atomic E-state index is 11.7. The first-order valence-electron chi connectivity index (χ1n) is 5.69. The van der Waals surface area contributed by atoms with Gasteiger partial charge in [-0.1, -0.05) is 13.0 Å². The summed E-state index contributed by atoms with van der Waals surface area (Å²) in [5.74, 6) is -0.0113. The Morgan fingerprint density at radius 1 is 1.59 bits per heavy atom. The third-order valence-electron chi connectivity index (χ3n) is 2.94. The first-order chi connectivity index (χ1) is 8.04. The first-order valence-corrected chi connectivity index (χ1v) is 6.51. The highest BCUT2D eigenvalue weighted by atomic mass is 32.1. The Morgan fingerprint density at radius 3 is 2.94 bits per heavy atom. The van der Waals surface area contributed by atoms with Gasteiger partial charge in [-0.3, -0.25) is 4.99 Å². The molecule has 0 saturated carbocycles. The van der Waals surface area contributed by atoms with Gasteiger partial charge >= 0.3 is 5.97 Å². The number of hydrogen-bond acceptors (Lipinski definition) is 5. The first kappa shape index (κ1) is 12.1. The fourth-order valence-electron chi connectivity index (χ4n) is 1.75. The summed E-state index contributed by atoms with van der Waals surface area (Å²) in [5, 5.41) is 0.892. The smallest absolute Gasteiger partial charge is 0.350 e. The number of carbonyl (C=O) groups is 1. The van der Waals surface area contributed by atoms with Gasteiger partial charge in [-0.15, -0.1) is 11.3 Å². The SMILES string of the molecule is CCOC(=O)c1sc2c(c1N)=CC(C)C(C)N=2. The van der Waals surface area contributed by atoms with Crippen LogP contribution in [0, 0.1) is 5.92 Å². The Labute approximate surface area is 104 Å². The molecule has 2 heterocycles. The molecule has 2 unspecified atom stereocenters. The van der Waals surface area contributed by atoms with Crippen LogP contribution in [-0.4, -0.2) is 18.6 Å². The second-order valence-electron chi connectivity index (χ2n) is 4.18. The molecule has 4 nitrogen and oxygen atoms in total. The average Bonchev–Trinajstić information content (AvgIpc) is 2.58. The highest BCUT2D eigenvalue weighted by Crippen LogP contribution is 2.17. The molecule has 0 aromatic carbocycles. The Kier molecular flexibility index (Phi) is 3.19. The van der Waals surface area contributed by atoms with Crippen molar-refractivity contribution in [1.29, 1.82) is 0 Å². The predicted octanol–water partition coefficient (Wildman–Crippen LogP) is 0.945. The molecule has 1 aromatic rings. The zero-order valence-electron chi connectivity index (χ0n) is 10.2. The summed E-state index contributed by atoms with van der Waals surface area (Å²) in [6.45, 7) is 6.29. The van der Waals surface area contributed by atoms with Gasteiger partial charge in [-0.25, -0.2) is 4.79 Å². The number of rotatable bonds is 2. The summed E-state index contributed by atoms with van der Waals surface area (Å²) in [6.07, 6.45) is 2.08. The van der Waals surface area contributed by atoms with Crippen LogP contribution in [0.4, 0.5) is 5.69 Å². The second kappa shape index (κ2) is 4.49. The van der Waals surface area contributed by atoms with Gasteiger partial charge in [0.25, 0.3) is 0 Å². The molecular formula is C12H16N2O2S. The lowest BCUT2D eigenvalue weighted by atomic mass is 10.0. The van der Waals surface area contributed by atoms with Crippen molar-refractivity contribution in [2.75, 3.05) is 12.3 Å². The molecule has 17 heavy (non-hydrogen) atoms. The van der Waals surface area contributed by atoms with Crippen LogP contribution in [-0.2, 0) is 4.74 Å². The van der Waals surface area contributed by atoms with Crippen LogP contribution in [0.3, 0.4) is 0 Å². The molecule has 2 N–H and O–H groups in total. The van der Waals surface area contributed by atoms with Crippen LogP contribution in [0.25, 0.3) is 6.08 Å².